The molecule has 1 aliphatic heterocycles. The zero-order valence-electron chi connectivity index (χ0n) is 20.8. The Labute approximate surface area is 226 Å². The Balaban J connectivity index is 1.40. The molecule has 3 aliphatic rings. The number of fused-ring (bicyclic) bond motifs is 2. The maximum atomic E-state index is 14.0. The van der Waals surface area contributed by atoms with E-state index in [2.05, 4.69) is 17.0 Å². The first-order valence-corrected chi connectivity index (χ1v) is 13.4. The second-order valence-electron chi connectivity index (χ2n) is 9.99. The predicted molar refractivity (Wildman–Crippen MR) is 142 cm³/mol. The molecule has 37 heavy (non-hydrogen) atoms. The van der Waals surface area contributed by atoms with Crippen LogP contribution in [0.25, 0.3) is 0 Å². The van der Waals surface area contributed by atoms with E-state index in [0.717, 1.165) is 31.2 Å². The molecule has 1 heterocycles. The highest BCUT2D eigenvalue weighted by Crippen LogP contribution is 2.68. The van der Waals surface area contributed by atoms with E-state index in [9.17, 15) is 14.4 Å². The van der Waals surface area contributed by atoms with Gasteiger partial charge >= 0.3 is 5.97 Å². The maximum absolute atomic E-state index is 14.0. The summed E-state index contributed by atoms with van der Waals surface area (Å²) in [5.74, 6) is 0.256. The summed E-state index contributed by atoms with van der Waals surface area (Å²) in [6.45, 7) is 2.30. The largest absolute Gasteiger partial charge is 0.469 e. The Morgan fingerprint density at radius 2 is 1.89 bits per heavy atom. The Hall–Kier alpha value is -2.90. The average molecular weight is 542 g/mol. The lowest BCUT2D eigenvalue weighted by molar-refractivity contribution is -0.140. The molecular weight excluding hydrogens is 513 g/mol. The molecule has 0 saturated heterocycles. The van der Waals surface area contributed by atoms with Crippen molar-refractivity contribution in [3.05, 3.63) is 69.2 Å². The normalized spacial score (nSPS) is 24.3. The van der Waals surface area contributed by atoms with E-state index in [1.54, 1.807) is 30.3 Å². The van der Waals surface area contributed by atoms with Crippen molar-refractivity contribution in [3.8, 4) is 0 Å². The van der Waals surface area contributed by atoms with Gasteiger partial charge < -0.3 is 15.0 Å². The Kier molecular flexibility index (Phi) is 7.03. The number of hydrogen-bond donors (Lipinski definition) is 1. The van der Waals surface area contributed by atoms with E-state index in [4.69, 9.17) is 28.2 Å². The van der Waals surface area contributed by atoms with Crippen molar-refractivity contribution < 1.29 is 19.1 Å². The number of rotatable bonds is 9. The van der Waals surface area contributed by atoms with Crippen LogP contribution in [0.4, 0.5) is 0 Å². The molecule has 194 valence electrons. The van der Waals surface area contributed by atoms with Crippen LogP contribution >= 0.6 is 23.2 Å². The Morgan fingerprint density at radius 3 is 2.46 bits per heavy atom. The number of benzene rings is 2. The molecule has 2 fully saturated rings. The SMILES string of the molecule is CCCC(c1ccc(C(=O)NCCC(=O)OC)cc1)N1C(=O)C(c2cc(Cl)cc(Cl)c2)=NC12CC1CC12. The number of methoxy groups -OCH3 is 1. The maximum Gasteiger partial charge on any atom is 0.307 e. The fourth-order valence-electron chi connectivity index (χ4n) is 5.75. The number of nitrogens with zero attached hydrogens (tertiary/aromatic N) is 2. The number of halogens is 2. The summed E-state index contributed by atoms with van der Waals surface area (Å²) in [6.07, 6.45) is 3.71. The highest BCUT2D eigenvalue weighted by Gasteiger charge is 2.71. The van der Waals surface area contributed by atoms with Gasteiger partial charge in [0.1, 0.15) is 11.4 Å². The van der Waals surface area contributed by atoms with Crippen molar-refractivity contribution in [1.29, 1.82) is 0 Å². The highest BCUT2D eigenvalue weighted by molar-refractivity contribution is 6.48. The lowest BCUT2D eigenvalue weighted by Gasteiger charge is -2.47. The third-order valence-corrected chi connectivity index (χ3v) is 8.07. The molecule has 5 rings (SSSR count). The number of esters is 1. The quantitative estimate of drug-likeness (QED) is 0.442. The van der Waals surface area contributed by atoms with Gasteiger partial charge in [-0.1, -0.05) is 48.7 Å². The van der Waals surface area contributed by atoms with Crippen LogP contribution in [0.15, 0.2) is 47.5 Å². The second kappa shape index (κ2) is 10.1. The fourth-order valence-corrected chi connectivity index (χ4v) is 6.28. The van der Waals surface area contributed by atoms with E-state index in [-0.39, 0.29) is 36.8 Å². The third-order valence-electron chi connectivity index (χ3n) is 7.63. The topological polar surface area (TPSA) is 88.1 Å². The average Bonchev–Trinajstić information content (AvgIpc) is 3.46. The van der Waals surface area contributed by atoms with Crippen molar-refractivity contribution in [2.75, 3.05) is 13.7 Å². The van der Waals surface area contributed by atoms with Gasteiger partial charge in [0.25, 0.3) is 11.8 Å². The molecular formula is C28H29Cl2N3O4. The smallest absolute Gasteiger partial charge is 0.307 e. The van der Waals surface area contributed by atoms with Gasteiger partial charge in [0, 0.05) is 33.6 Å². The molecule has 0 radical (unpaired) electrons. The van der Waals surface area contributed by atoms with Gasteiger partial charge in [0.05, 0.1) is 19.6 Å². The molecule has 2 aromatic rings. The summed E-state index contributed by atoms with van der Waals surface area (Å²) in [4.78, 5) is 44.8. The van der Waals surface area contributed by atoms with Crippen LogP contribution in [0.2, 0.25) is 10.0 Å². The van der Waals surface area contributed by atoms with Crippen molar-refractivity contribution >= 4 is 46.7 Å². The second-order valence-corrected chi connectivity index (χ2v) is 10.9. The van der Waals surface area contributed by atoms with Crippen LogP contribution in [0.1, 0.15) is 66.6 Å². The van der Waals surface area contributed by atoms with E-state index in [0.29, 0.717) is 38.7 Å². The fraction of sp³-hybridized carbons (Fsp3) is 0.429. The molecule has 1 spiro atoms. The summed E-state index contributed by atoms with van der Waals surface area (Å²) in [5, 5.41) is 3.66. The van der Waals surface area contributed by atoms with E-state index >= 15 is 0 Å². The van der Waals surface area contributed by atoms with Crippen LogP contribution in [0, 0.1) is 11.8 Å². The number of carbonyl (C=O) groups is 3. The van der Waals surface area contributed by atoms with Crippen LogP contribution in [0.5, 0.6) is 0 Å². The summed E-state index contributed by atoms with van der Waals surface area (Å²) in [5.41, 5.74) is 1.98. The number of carbonyl (C=O) groups excluding carboxylic acids is 3. The first-order valence-electron chi connectivity index (χ1n) is 12.6. The first kappa shape index (κ1) is 25.7. The number of amides is 2. The monoisotopic (exact) mass is 541 g/mol. The molecule has 0 bridgehead atoms. The number of aliphatic imine (C=N–C) groups is 1. The zero-order chi connectivity index (χ0) is 26.3. The first-order chi connectivity index (χ1) is 17.8. The van der Waals surface area contributed by atoms with Crippen LogP contribution in [0.3, 0.4) is 0 Å². The third kappa shape index (κ3) is 4.75. The molecule has 1 N–H and O–H groups in total. The molecule has 0 aromatic heterocycles. The van der Waals surface area contributed by atoms with Crippen molar-refractivity contribution in [2.45, 2.75) is 50.7 Å². The molecule has 2 aromatic carbocycles. The lowest BCUT2D eigenvalue weighted by atomic mass is 9.82. The van der Waals surface area contributed by atoms with Gasteiger partial charge in [-0.15, -0.1) is 0 Å². The molecule has 4 atom stereocenters. The molecule has 7 nitrogen and oxygen atoms in total. The molecule has 4 unspecified atom stereocenters. The Bertz CT molecular complexity index is 1260. The van der Waals surface area contributed by atoms with Crippen LogP contribution in [-0.4, -0.2) is 47.7 Å². The van der Waals surface area contributed by atoms with Gasteiger partial charge in [-0.2, -0.15) is 0 Å². The summed E-state index contributed by atoms with van der Waals surface area (Å²) >= 11 is 12.5. The van der Waals surface area contributed by atoms with Crippen molar-refractivity contribution in [1.82, 2.24) is 10.2 Å². The number of hydrogen-bond acceptors (Lipinski definition) is 5. The van der Waals surface area contributed by atoms with Gasteiger partial charge in [-0.3, -0.25) is 19.4 Å². The Morgan fingerprint density at radius 1 is 1.19 bits per heavy atom. The molecule has 2 amide bonds. The molecule has 2 saturated carbocycles. The van der Waals surface area contributed by atoms with Gasteiger partial charge in [0.15, 0.2) is 0 Å². The minimum atomic E-state index is -0.532. The number of ether oxygens (including phenoxy) is 1. The molecule has 9 heteroatoms. The summed E-state index contributed by atoms with van der Waals surface area (Å²) < 4.78 is 4.60. The number of nitrogens with one attached hydrogen (secondary N) is 1. The minimum absolute atomic E-state index is 0.105. The predicted octanol–water partition coefficient (Wildman–Crippen LogP) is 5.20. The highest BCUT2D eigenvalue weighted by atomic mass is 35.5. The van der Waals surface area contributed by atoms with Gasteiger partial charge in [-0.05, 0) is 61.1 Å². The summed E-state index contributed by atoms with van der Waals surface area (Å²) in [6, 6.07) is 12.3. The standard InChI is InChI=1S/C28H29Cl2N3O4/c1-3-4-23(16-5-7-17(8-6-16)26(35)31-10-9-24(34)37-2)33-27(36)25(18-11-20(29)14-21(30)12-18)32-28(33)15-19-13-22(19)28/h5-8,11-12,14,19,22-23H,3-4,9-10,13,15H2,1-2H3,(H,31,35). The van der Waals surface area contributed by atoms with Gasteiger partial charge in [-0.25, -0.2) is 0 Å². The summed E-state index contributed by atoms with van der Waals surface area (Å²) in [7, 11) is 1.32. The van der Waals surface area contributed by atoms with Crippen LogP contribution < -0.4 is 5.32 Å². The van der Waals surface area contributed by atoms with Crippen molar-refractivity contribution in [3.63, 3.8) is 0 Å². The molecule has 2 aliphatic carbocycles. The van der Waals surface area contributed by atoms with Crippen LogP contribution in [-0.2, 0) is 14.3 Å². The van der Waals surface area contributed by atoms with E-state index < -0.39 is 5.66 Å². The zero-order valence-corrected chi connectivity index (χ0v) is 22.3. The minimum Gasteiger partial charge on any atom is -0.469 e. The lowest BCUT2D eigenvalue weighted by Crippen LogP contribution is -2.55. The van der Waals surface area contributed by atoms with E-state index in [1.165, 1.54) is 7.11 Å². The van der Waals surface area contributed by atoms with Gasteiger partial charge in [0.2, 0.25) is 0 Å². The van der Waals surface area contributed by atoms with Crippen molar-refractivity contribution in [2.24, 2.45) is 16.8 Å². The van der Waals surface area contributed by atoms with E-state index in [1.807, 2.05) is 17.0 Å².